The van der Waals surface area contributed by atoms with Gasteiger partial charge in [0.15, 0.2) is 5.69 Å². The van der Waals surface area contributed by atoms with Gasteiger partial charge in [0.2, 0.25) is 5.91 Å². The van der Waals surface area contributed by atoms with Gasteiger partial charge in [-0.05, 0) is 74.4 Å². The molecule has 0 unspecified atom stereocenters. The maximum Gasteiger partial charge on any atom is 0.358 e. The van der Waals surface area contributed by atoms with E-state index in [4.69, 9.17) is 4.74 Å². The van der Waals surface area contributed by atoms with Crippen molar-refractivity contribution in [3.63, 3.8) is 0 Å². The van der Waals surface area contributed by atoms with Gasteiger partial charge in [0.05, 0.1) is 12.3 Å². The fraction of sp³-hybridized carbons (Fsp3) is 0.250. The smallest absolute Gasteiger partial charge is 0.358 e. The maximum absolute atomic E-state index is 12.6. The summed E-state index contributed by atoms with van der Waals surface area (Å²) in [5, 5.41) is 7.08. The lowest BCUT2D eigenvalue weighted by molar-refractivity contribution is -0.119. The van der Waals surface area contributed by atoms with E-state index in [1.165, 1.54) is 0 Å². The van der Waals surface area contributed by atoms with Gasteiger partial charge in [-0.2, -0.15) is 5.10 Å². The Morgan fingerprint density at radius 1 is 1.00 bits per heavy atom. The van der Waals surface area contributed by atoms with E-state index in [1.807, 2.05) is 0 Å². The summed E-state index contributed by atoms with van der Waals surface area (Å²) in [6, 6.07) is 15.8. The molecular formula is C24H24N4O4. The number of piperidine rings is 1. The van der Waals surface area contributed by atoms with E-state index in [0.717, 1.165) is 24.2 Å². The summed E-state index contributed by atoms with van der Waals surface area (Å²) in [5.41, 5.74) is 2.94. The number of rotatable bonds is 6. The summed E-state index contributed by atoms with van der Waals surface area (Å²) in [5.74, 6) is -0.580. The molecule has 1 aromatic heterocycles. The van der Waals surface area contributed by atoms with Crippen molar-refractivity contribution in [2.75, 3.05) is 23.4 Å². The number of anilines is 2. The molecule has 1 aliphatic heterocycles. The molecule has 8 heteroatoms. The Morgan fingerprint density at radius 3 is 2.41 bits per heavy atom. The van der Waals surface area contributed by atoms with E-state index in [9.17, 15) is 14.4 Å². The Bertz CT molecular complexity index is 1120. The van der Waals surface area contributed by atoms with E-state index >= 15 is 0 Å². The lowest BCUT2D eigenvalue weighted by Gasteiger charge is -2.26. The number of nitrogens with zero attached hydrogens (tertiary/aromatic N) is 3. The number of benzene rings is 2. The second-order valence-corrected chi connectivity index (χ2v) is 7.42. The van der Waals surface area contributed by atoms with Crippen LogP contribution in [0.4, 0.5) is 11.4 Å². The van der Waals surface area contributed by atoms with Gasteiger partial charge < -0.3 is 15.0 Å². The van der Waals surface area contributed by atoms with Crippen LogP contribution in [0.2, 0.25) is 0 Å². The molecule has 0 saturated carbocycles. The lowest BCUT2D eigenvalue weighted by Crippen LogP contribution is -2.35. The predicted molar refractivity (Wildman–Crippen MR) is 120 cm³/mol. The predicted octanol–water partition coefficient (Wildman–Crippen LogP) is 3.82. The third-order valence-electron chi connectivity index (χ3n) is 5.23. The topological polar surface area (TPSA) is 93.5 Å². The molecule has 32 heavy (non-hydrogen) atoms. The first-order valence-electron chi connectivity index (χ1n) is 10.6. The summed E-state index contributed by atoms with van der Waals surface area (Å²) in [7, 11) is 0. The first kappa shape index (κ1) is 21.3. The molecule has 4 rings (SSSR count). The number of nitrogens with one attached hydrogen (secondary N) is 1. The van der Waals surface area contributed by atoms with Crippen LogP contribution in [-0.4, -0.2) is 40.7 Å². The molecular weight excluding hydrogens is 408 g/mol. The zero-order valence-electron chi connectivity index (χ0n) is 17.8. The van der Waals surface area contributed by atoms with Crippen molar-refractivity contribution in [2.45, 2.75) is 26.2 Å². The number of carbonyl (C=O) groups is 3. The summed E-state index contributed by atoms with van der Waals surface area (Å²) < 4.78 is 6.52. The number of hydrogen-bond donors (Lipinski definition) is 1. The molecule has 1 N–H and O–H groups in total. The zero-order chi connectivity index (χ0) is 22.5. The highest BCUT2D eigenvalue weighted by atomic mass is 16.5. The molecule has 0 aliphatic carbocycles. The van der Waals surface area contributed by atoms with Gasteiger partial charge >= 0.3 is 5.97 Å². The van der Waals surface area contributed by atoms with Gasteiger partial charge in [-0.15, -0.1) is 0 Å². The quantitative estimate of drug-likeness (QED) is 0.598. The normalized spacial score (nSPS) is 13.7. The van der Waals surface area contributed by atoms with Gasteiger partial charge in [-0.3, -0.25) is 9.59 Å². The molecule has 0 radical (unpaired) electrons. The molecule has 164 valence electrons. The van der Waals surface area contributed by atoms with Crippen LogP contribution < -0.4 is 10.2 Å². The molecule has 2 aromatic carbocycles. The minimum Gasteiger partial charge on any atom is -0.461 e. The number of carbonyl (C=O) groups excluding carboxylic acids is 3. The van der Waals surface area contributed by atoms with Crippen LogP contribution in [-0.2, 0) is 9.53 Å². The monoisotopic (exact) mass is 432 g/mol. The van der Waals surface area contributed by atoms with E-state index < -0.39 is 5.97 Å². The van der Waals surface area contributed by atoms with E-state index in [2.05, 4.69) is 10.4 Å². The number of hydrogen-bond acceptors (Lipinski definition) is 5. The molecule has 8 nitrogen and oxygen atoms in total. The molecule has 3 aromatic rings. The summed E-state index contributed by atoms with van der Waals surface area (Å²) in [6.45, 7) is 2.75. The minimum atomic E-state index is -0.467. The Labute approximate surface area is 185 Å². The van der Waals surface area contributed by atoms with Gasteiger partial charge in [0, 0.05) is 36.1 Å². The van der Waals surface area contributed by atoms with Gasteiger partial charge in [0.1, 0.15) is 0 Å². The maximum atomic E-state index is 12.6. The van der Waals surface area contributed by atoms with Crippen molar-refractivity contribution < 1.29 is 19.1 Å². The zero-order valence-corrected chi connectivity index (χ0v) is 17.8. The minimum absolute atomic E-state index is 0.125. The highest BCUT2D eigenvalue weighted by Crippen LogP contribution is 2.22. The SMILES string of the molecule is CCOC(=O)c1ccn(-c2ccc(NC(=O)c3ccc(N4CCCCC4=O)cc3)cc2)n1. The number of amides is 2. The van der Waals surface area contributed by atoms with Crippen LogP contribution in [0.5, 0.6) is 0 Å². The molecule has 1 aliphatic rings. The van der Waals surface area contributed by atoms with Gasteiger partial charge in [0.25, 0.3) is 5.91 Å². The molecule has 0 atom stereocenters. The number of ether oxygens (including phenoxy) is 1. The standard InChI is InChI=1S/C24H24N4O4/c1-2-32-24(31)21-14-16-28(26-21)20-12-8-18(9-13-20)25-23(30)17-6-10-19(11-7-17)27-15-4-3-5-22(27)29/h6-14,16H,2-5,15H2,1H3,(H,25,30). The Morgan fingerprint density at radius 2 is 1.72 bits per heavy atom. The Kier molecular flexibility index (Phi) is 6.30. The van der Waals surface area contributed by atoms with E-state index in [1.54, 1.807) is 77.3 Å². The average Bonchev–Trinajstić information content (AvgIpc) is 3.31. The van der Waals surface area contributed by atoms with Crippen LogP contribution in [0.25, 0.3) is 5.69 Å². The highest BCUT2D eigenvalue weighted by molar-refractivity contribution is 6.04. The van der Waals surface area contributed by atoms with Crippen LogP contribution in [0.3, 0.4) is 0 Å². The Balaban J connectivity index is 1.39. The van der Waals surface area contributed by atoms with Crippen LogP contribution in [0.15, 0.2) is 60.8 Å². The third-order valence-corrected chi connectivity index (χ3v) is 5.23. The van der Waals surface area contributed by atoms with E-state index in [-0.39, 0.29) is 17.5 Å². The second kappa shape index (κ2) is 9.47. The second-order valence-electron chi connectivity index (χ2n) is 7.42. The molecule has 1 fully saturated rings. The van der Waals surface area contributed by atoms with Crippen molar-refractivity contribution in [2.24, 2.45) is 0 Å². The van der Waals surface area contributed by atoms with E-state index in [0.29, 0.717) is 30.8 Å². The average molecular weight is 432 g/mol. The van der Waals surface area contributed by atoms with Crippen molar-refractivity contribution in [3.05, 3.63) is 72.1 Å². The molecule has 0 bridgehead atoms. The largest absolute Gasteiger partial charge is 0.461 e. The number of esters is 1. The summed E-state index contributed by atoms with van der Waals surface area (Å²) in [4.78, 5) is 38.2. The molecule has 0 spiro atoms. The fourth-order valence-electron chi connectivity index (χ4n) is 3.55. The summed E-state index contributed by atoms with van der Waals surface area (Å²) in [6.07, 6.45) is 4.17. The Hall–Kier alpha value is -3.94. The van der Waals surface area contributed by atoms with Crippen LogP contribution >= 0.6 is 0 Å². The van der Waals surface area contributed by atoms with Crippen molar-refractivity contribution in [1.82, 2.24) is 9.78 Å². The van der Waals surface area contributed by atoms with Crippen molar-refractivity contribution >= 4 is 29.2 Å². The summed E-state index contributed by atoms with van der Waals surface area (Å²) >= 11 is 0. The highest BCUT2D eigenvalue weighted by Gasteiger charge is 2.19. The molecule has 2 heterocycles. The number of aromatic nitrogens is 2. The van der Waals surface area contributed by atoms with Gasteiger partial charge in [-0.1, -0.05) is 0 Å². The fourth-order valence-corrected chi connectivity index (χ4v) is 3.55. The van der Waals surface area contributed by atoms with Crippen molar-refractivity contribution in [3.8, 4) is 5.69 Å². The van der Waals surface area contributed by atoms with Crippen LogP contribution in [0.1, 0.15) is 47.0 Å². The third kappa shape index (κ3) is 4.69. The van der Waals surface area contributed by atoms with Gasteiger partial charge in [-0.25, -0.2) is 9.48 Å². The molecule has 1 saturated heterocycles. The molecule has 2 amide bonds. The van der Waals surface area contributed by atoms with Crippen LogP contribution in [0, 0.1) is 0 Å². The lowest BCUT2D eigenvalue weighted by atomic mass is 10.1. The van der Waals surface area contributed by atoms with Crippen molar-refractivity contribution in [1.29, 1.82) is 0 Å². The first-order valence-corrected chi connectivity index (χ1v) is 10.6. The first-order chi connectivity index (χ1) is 15.5.